The first-order chi connectivity index (χ1) is 5.11. The molecule has 0 radical (unpaired) electrons. The van der Waals surface area contributed by atoms with Crippen molar-refractivity contribution in [1.82, 2.24) is 4.72 Å². The average molecular weight is 151 g/mol. The summed E-state index contributed by atoms with van der Waals surface area (Å²) in [5.74, 6) is 1.83. The molecule has 0 amide bonds. The molecule has 0 aromatic carbocycles. The van der Waals surface area contributed by atoms with Crippen molar-refractivity contribution in [2.45, 2.75) is 45.9 Å². The third-order valence-electron chi connectivity index (χ3n) is 3.10. The lowest BCUT2D eigenvalue weighted by atomic mass is 9.53. The van der Waals surface area contributed by atoms with Crippen LogP contribution in [0.4, 0.5) is 0 Å². The molecule has 1 aliphatic rings. The SMILES string of the molecule is CC1BN(C(C)C)BCC1C. The van der Waals surface area contributed by atoms with Crippen LogP contribution in [0.2, 0.25) is 12.1 Å². The van der Waals surface area contributed by atoms with Crippen LogP contribution in [0, 0.1) is 5.92 Å². The fraction of sp³-hybridized carbons (Fsp3) is 1.00. The van der Waals surface area contributed by atoms with Gasteiger partial charge in [0, 0.05) is 0 Å². The van der Waals surface area contributed by atoms with Gasteiger partial charge >= 0.3 is 0 Å². The van der Waals surface area contributed by atoms with E-state index in [0.29, 0.717) is 0 Å². The highest BCUT2D eigenvalue weighted by Crippen LogP contribution is 2.26. The predicted molar refractivity (Wildman–Crippen MR) is 54.7 cm³/mol. The van der Waals surface area contributed by atoms with Gasteiger partial charge in [0.05, 0.1) is 0 Å². The van der Waals surface area contributed by atoms with Crippen molar-refractivity contribution in [3.63, 3.8) is 0 Å². The van der Waals surface area contributed by atoms with Crippen LogP contribution in [-0.4, -0.2) is 25.6 Å². The fourth-order valence-electron chi connectivity index (χ4n) is 1.76. The summed E-state index contributed by atoms with van der Waals surface area (Å²) in [6, 6.07) is 0.741. The Labute approximate surface area is 72.1 Å². The van der Waals surface area contributed by atoms with Gasteiger partial charge in [-0.15, -0.1) is 0 Å². The van der Waals surface area contributed by atoms with E-state index in [1.807, 2.05) is 0 Å². The van der Waals surface area contributed by atoms with Crippen LogP contribution in [0.15, 0.2) is 0 Å². The van der Waals surface area contributed by atoms with Crippen LogP contribution in [0.5, 0.6) is 0 Å². The lowest BCUT2D eigenvalue weighted by Gasteiger charge is -2.36. The van der Waals surface area contributed by atoms with Crippen LogP contribution < -0.4 is 0 Å². The summed E-state index contributed by atoms with van der Waals surface area (Å²) in [4.78, 5) is 0. The van der Waals surface area contributed by atoms with Gasteiger partial charge in [0.2, 0.25) is 0 Å². The second-order valence-electron chi connectivity index (χ2n) is 4.33. The first-order valence-corrected chi connectivity index (χ1v) is 4.85. The van der Waals surface area contributed by atoms with Gasteiger partial charge in [-0.1, -0.05) is 45.8 Å². The molecule has 0 aliphatic carbocycles. The van der Waals surface area contributed by atoms with Crippen molar-refractivity contribution in [2.75, 3.05) is 0 Å². The Balaban J connectivity index is 2.40. The molecular formula is C8H19B2N. The maximum absolute atomic E-state index is 2.59. The quantitative estimate of drug-likeness (QED) is 0.510. The first-order valence-electron chi connectivity index (χ1n) is 4.85. The largest absolute Gasteiger partial charge is 0.387 e. The van der Waals surface area contributed by atoms with E-state index in [4.69, 9.17) is 0 Å². The van der Waals surface area contributed by atoms with Crippen LogP contribution in [0.25, 0.3) is 0 Å². The van der Waals surface area contributed by atoms with E-state index in [2.05, 4.69) is 32.4 Å². The van der Waals surface area contributed by atoms with Crippen molar-refractivity contribution in [1.29, 1.82) is 0 Å². The van der Waals surface area contributed by atoms with Gasteiger partial charge < -0.3 is 4.72 Å². The highest BCUT2D eigenvalue weighted by molar-refractivity contribution is 6.53. The minimum absolute atomic E-state index is 0.741. The number of nitrogens with zero attached hydrogens (tertiary/aromatic N) is 1. The lowest BCUT2D eigenvalue weighted by molar-refractivity contribution is 0.479. The van der Waals surface area contributed by atoms with Crippen LogP contribution in [0.1, 0.15) is 27.7 Å². The Kier molecular flexibility index (Phi) is 3.06. The molecule has 11 heavy (non-hydrogen) atoms. The van der Waals surface area contributed by atoms with Crippen LogP contribution >= 0.6 is 0 Å². The number of hydrogen-bond donors (Lipinski definition) is 0. The van der Waals surface area contributed by atoms with E-state index in [0.717, 1.165) is 17.8 Å². The zero-order valence-corrected chi connectivity index (χ0v) is 8.30. The highest BCUT2D eigenvalue weighted by Gasteiger charge is 2.25. The normalized spacial score (nSPS) is 33.2. The second kappa shape index (κ2) is 3.66. The summed E-state index contributed by atoms with van der Waals surface area (Å²) in [5.41, 5.74) is 0. The Bertz CT molecular complexity index is 127. The van der Waals surface area contributed by atoms with Gasteiger partial charge in [-0.25, -0.2) is 0 Å². The molecule has 1 fully saturated rings. The van der Waals surface area contributed by atoms with Crippen LogP contribution in [0.3, 0.4) is 0 Å². The van der Waals surface area contributed by atoms with Gasteiger partial charge in [-0.2, -0.15) is 0 Å². The number of rotatable bonds is 1. The highest BCUT2D eigenvalue weighted by atomic mass is 15.0. The van der Waals surface area contributed by atoms with E-state index >= 15 is 0 Å². The molecule has 1 heterocycles. The second-order valence-corrected chi connectivity index (χ2v) is 4.33. The zero-order valence-electron chi connectivity index (χ0n) is 8.30. The van der Waals surface area contributed by atoms with Gasteiger partial charge in [0.15, 0.2) is 14.8 Å². The van der Waals surface area contributed by atoms with Gasteiger partial charge in [-0.3, -0.25) is 0 Å². The topological polar surface area (TPSA) is 3.24 Å². The Hall–Kier alpha value is 0.0899. The van der Waals surface area contributed by atoms with Crippen molar-refractivity contribution in [3.05, 3.63) is 0 Å². The van der Waals surface area contributed by atoms with E-state index in [-0.39, 0.29) is 0 Å². The summed E-state index contributed by atoms with van der Waals surface area (Å²) in [6.07, 6.45) is 1.39. The molecule has 2 unspecified atom stereocenters. The van der Waals surface area contributed by atoms with E-state index < -0.39 is 0 Å². The maximum Gasteiger partial charge on any atom is 0.195 e. The molecule has 0 aromatic rings. The van der Waals surface area contributed by atoms with Crippen molar-refractivity contribution < 1.29 is 0 Å². The molecule has 1 rings (SSSR count). The Morgan fingerprint density at radius 2 is 2.00 bits per heavy atom. The van der Waals surface area contributed by atoms with Gasteiger partial charge in [0.1, 0.15) is 0 Å². The monoisotopic (exact) mass is 151 g/mol. The smallest absolute Gasteiger partial charge is 0.195 e. The third-order valence-corrected chi connectivity index (χ3v) is 3.10. The maximum atomic E-state index is 2.59. The van der Waals surface area contributed by atoms with Crippen LogP contribution in [-0.2, 0) is 0 Å². The van der Waals surface area contributed by atoms with Crippen molar-refractivity contribution >= 4 is 14.8 Å². The summed E-state index contributed by atoms with van der Waals surface area (Å²) in [7, 11) is 2.61. The summed E-state index contributed by atoms with van der Waals surface area (Å²) >= 11 is 0. The molecule has 0 saturated carbocycles. The molecule has 0 N–H and O–H groups in total. The van der Waals surface area contributed by atoms with Gasteiger partial charge in [0.25, 0.3) is 0 Å². The van der Waals surface area contributed by atoms with E-state index in [1.165, 1.54) is 21.1 Å². The van der Waals surface area contributed by atoms with Crippen molar-refractivity contribution in [3.8, 4) is 0 Å². The standard InChI is InChI=1S/C8H19B2N/c1-6(2)11-9-5-7(3)8(4)10-11/h6-10H,5H2,1-4H3. The van der Waals surface area contributed by atoms with E-state index in [1.54, 1.807) is 0 Å². The molecule has 1 aliphatic heterocycles. The molecule has 2 atom stereocenters. The molecular weight excluding hydrogens is 132 g/mol. The molecule has 3 heteroatoms. The number of hydrogen-bond acceptors (Lipinski definition) is 1. The fourth-order valence-corrected chi connectivity index (χ4v) is 1.76. The van der Waals surface area contributed by atoms with Gasteiger partial charge in [-0.05, 0) is 6.04 Å². The average Bonchev–Trinajstić information content (AvgIpc) is 1.94. The Morgan fingerprint density at radius 3 is 2.45 bits per heavy atom. The molecule has 62 valence electrons. The zero-order chi connectivity index (χ0) is 8.43. The van der Waals surface area contributed by atoms with E-state index in [9.17, 15) is 0 Å². The molecule has 1 nitrogen and oxygen atoms in total. The molecule has 1 saturated heterocycles. The summed E-state index contributed by atoms with van der Waals surface area (Å²) in [6.45, 7) is 9.34. The van der Waals surface area contributed by atoms with Crippen molar-refractivity contribution in [2.24, 2.45) is 5.92 Å². The molecule has 0 bridgehead atoms. The molecule has 0 aromatic heterocycles. The Morgan fingerprint density at radius 1 is 1.36 bits per heavy atom. The summed E-state index contributed by atoms with van der Waals surface area (Å²) in [5, 5.41) is 0. The lowest BCUT2D eigenvalue weighted by Crippen LogP contribution is -2.44. The minimum Gasteiger partial charge on any atom is -0.387 e. The third kappa shape index (κ3) is 2.26. The molecule has 0 spiro atoms. The predicted octanol–water partition coefficient (Wildman–Crippen LogP) is 1.28. The minimum atomic E-state index is 0.741. The first kappa shape index (κ1) is 9.18. The summed E-state index contributed by atoms with van der Waals surface area (Å²) < 4.78 is 2.59.